The Kier molecular flexibility index (Phi) is 3.98. The molecule has 0 rings (SSSR count). The summed E-state index contributed by atoms with van der Waals surface area (Å²) in [6.07, 6.45) is -0.426. The molecule has 0 aromatic carbocycles. The molecule has 13 heavy (non-hydrogen) atoms. The molecule has 0 aromatic rings. The van der Waals surface area contributed by atoms with Crippen LogP contribution in [0.4, 0.5) is 0 Å². The van der Waals surface area contributed by atoms with Crippen LogP contribution < -0.4 is 0 Å². The number of thiol groups is 2. The minimum atomic E-state index is -1.83. The normalized spacial score (nSPS) is 20.2. The van der Waals surface area contributed by atoms with E-state index < -0.39 is 27.9 Å². The molecular weight excluding hydrogens is 212 g/mol. The number of hydrogen-bond acceptors (Lipinski definition) is 4. The Morgan fingerprint density at radius 3 is 1.46 bits per heavy atom. The first-order chi connectivity index (χ1) is 5.59. The Morgan fingerprint density at radius 2 is 1.31 bits per heavy atom. The summed E-state index contributed by atoms with van der Waals surface area (Å²) in [4.78, 5) is 21.5. The second-order valence-electron chi connectivity index (χ2n) is 3.33. The second-order valence-corrected chi connectivity index (χ2v) is 4.15. The predicted molar refractivity (Wildman–Crippen MR) is 53.9 cm³/mol. The van der Waals surface area contributed by atoms with Crippen molar-refractivity contribution in [3.8, 4) is 0 Å². The van der Waals surface area contributed by atoms with E-state index in [1.54, 1.807) is 0 Å². The lowest BCUT2D eigenvalue weighted by atomic mass is 9.91. The Balaban J connectivity index is 4.61. The van der Waals surface area contributed by atoms with E-state index in [0.717, 1.165) is 0 Å². The summed E-state index contributed by atoms with van der Waals surface area (Å²) in [5.41, 5.74) is -3.66. The van der Waals surface area contributed by atoms with Gasteiger partial charge in [0.15, 0.2) is 0 Å². The Bertz CT molecular complexity index is 211. The summed E-state index contributed by atoms with van der Waals surface area (Å²) in [5, 5.41) is 17.2. The zero-order valence-corrected chi connectivity index (χ0v) is 9.10. The summed E-state index contributed by atoms with van der Waals surface area (Å²) in [6, 6.07) is 0. The van der Waals surface area contributed by atoms with Crippen molar-refractivity contribution in [3.05, 3.63) is 0 Å². The van der Waals surface area contributed by atoms with Crippen molar-refractivity contribution < 1.29 is 19.8 Å². The van der Waals surface area contributed by atoms with Crippen molar-refractivity contribution in [1.29, 1.82) is 0 Å². The molecule has 0 bridgehead atoms. The van der Waals surface area contributed by atoms with E-state index in [1.165, 1.54) is 13.8 Å². The van der Waals surface area contributed by atoms with Crippen LogP contribution in [0.2, 0.25) is 0 Å². The summed E-state index contributed by atoms with van der Waals surface area (Å²) < 4.78 is 0. The van der Waals surface area contributed by atoms with E-state index in [4.69, 9.17) is 0 Å². The minimum Gasteiger partial charge on any atom is -0.381 e. The molecule has 2 atom stereocenters. The molecule has 0 aliphatic carbocycles. The van der Waals surface area contributed by atoms with Gasteiger partial charge in [-0.1, -0.05) is 0 Å². The standard InChI is InChI=1S/C7H12O4S2/c1-6(10,4(8)12)3-7(2,11)5(9)13/h10-11H,3H2,1-2H3,(H,8,12)(H,9,13). The summed E-state index contributed by atoms with van der Waals surface area (Å²) >= 11 is 6.85. The first-order valence-electron chi connectivity index (χ1n) is 3.51. The number of rotatable bonds is 4. The highest BCUT2D eigenvalue weighted by atomic mass is 32.1. The molecule has 6 heteroatoms. The molecule has 0 saturated carbocycles. The molecular formula is C7H12O4S2. The van der Waals surface area contributed by atoms with Crippen LogP contribution in [0, 0.1) is 0 Å². The third-order valence-electron chi connectivity index (χ3n) is 1.61. The molecule has 0 aromatic heterocycles. The lowest BCUT2D eigenvalue weighted by molar-refractivity contribution is -0.139. The van der Waals surface area contributed by atoms with E-state index in [9.17, 15) is 19.8 Å². The van der Waals surface area contributed by atoms with E-state index in [-0.39, 0.29) is 0 Å². The fourth-order valence-electron chi connectivity index (χ4n) is 0.821. The quantitative estimate of drug-likeness (QED) is 0.499. The van der Waals surface area contributed by atoms with Gasteiger partial charge in [-0.15, -0.1) is 25.3 Å². The average Bonchev–Trinajstić information content (AvgIpc) is 1.83. The van der Waals surface area contributed by atoms with E-state index >= 15 is 0 Å². The average molecular weight is 224 g/mol. The van der Waals surface area contributed by atoms with Crippen LogP contribution in [0.15, 0.2) is 0 Å². The number of carbonyl (C=O) groups excluding carboxylic acids is 2. The molecule has 0 heterocycles. The van der Waals surface area contributed by atoms with Gasteiger partial charge in [0, 0.05) is 6.42 Å². The van der Waals surface area contributed by atoms with Crippen LogP contribution in [0.5, 0.6) is 0 Å². The summed E-state index contributed by atoms with van der Waals surface area (Å²) in [6.45, 7) is 2.35. The maximum atomic E-state index is 10.7. The summed E-state index contributed by atoms with van der Waals surface area (Å²) in [7, 11) is 0. The van der Waals surface area contributed by atoms with Gasteiger partial charge in [0.05, 0.1) is 0 Å². The van der Waals surface area contributed by atoms with E-state index in [2.05, 4.69) is 25.3 Å². The highest BCUT2D eigenvalue weighted by Crippen LogP contribution is 2.24. The van der Waals surface area contributed by atoms with Crippen LogP contribution in [-0.4, -0.2) is 31.6 Å². The molecule has 2 unspecified atom stereocenters. The maximum Gasteiger partial charge on any atom is 0.217 e. The highest BCUT2D eigenvalue weighted by molar-refractivity contribution is 7.97. The Morgan fingerprint density at radius 1 is 1.08 bits per heavy atom. The Hall–Kier alpha value is -0.0400. The SMILES string of the molecule is CC(O)(CC(C)(O)C(=O)S)C(=O)S. The van der Waals surface area contributed by atoms with Crippen molar-refractivity contribution >= 4 is 35.5 Å². The smallest absolute Gasteiger partial charge is 0.217 e. The van der Waals surface area contributed by atoms with Gasteiger partial charge in [-0.05, 0) is 13.8 Å². The van der Waals surface area contributed by atoms with Gasteiger partial charge in [-0.3, -0.25) is 9.59 Å². The lowest BCUT2D eigenvalue weighted by Crippen LogP contribution is -2.44. The van der Waals surface area contributed by atoms with Crippen LogP contribution in [0.25, 0.3) is 0 Å². The largest absolute Gasteiger partial charge is 0.381 e. The van der Waals surface area contributed by atoms with Gasteiger partial charge >= 0.3 is 0 Å². The van der Waals surface area contributed by atoms with Crippen LogP contribution in [0.3, 0.4) is 0 Å². The van der Waals surface area contributed by atoms with Gasteiger partial charge in [-0.25, -0.2) is 0 Å². The first kappa shape index (κ1) is 13.0. The van der Waals surface area contributed by atoms with Gasteiger partial charge in [0.25, 0.3) is 0 Å². The fraction of sp³-hybridized carbons (Fsp3) is 0.714. The van der Waals surface area contributed by atoms with E-state index in [0.29, 0.717) is 0 Å². The van der Waals surface area contributed by atoms with Crippen LogP contribution in [0.1, 0.15) is 20.3 Å². The summed E-state index contributed by atoms with van der Waals surface area (Å²) in [5.74, 6) is 0. The molecule has 0 amide bonds. The van der Waals surface area contributed by atoms with Crippen molar-refractivity contribution in [2.45, 2.75) is 31.5 Å². The second kappa shape index (κ2) is 4.00. The zero-order chi connectivity index (χ0) is 10.9. The highest BCUT2D eigenvalue weighted by Gasteiger charge is 2.39. The number of aliphatic hydroxyl groups is 2. The lowest BCUT2D eigenvalue weighted by Gasteiger charge is -2.27. The van der Waals surface area contributed by atoms with Gasteiger partial charge in [-0.2, -0.15) is 0 Å². The fourth-order valence-corrected chi connectivity index (χ4v) is 0.980. The third kappa shape index (κ3) is 3.68. The maximum absolute atomic E-state index is 10.7. The number of hydrogen-bond donors (Lipinski definition) is 4. The van der Waals surface area contributed by atoms with Gasteiger partial charge in [0.2, 0.25) is 10.2 Å². The monoisotopic (exact) mass is 224 g/mol. The molecule has 0 fully saturated rings. The molecule has 0 spiro atoms. The van der Waals surface area contributed by atoms with E-state index in [1.807, 2.05) is 0 Å². The van der Waals surface area contributed by atoms with Crippen LogP contribution in [-0.2, 0) is 9.59 Å². The first-order valence-corrected chi connectivity index (χ1v) is 4.40. The zero-order valence-electron chi connectivity index (χ0n) is 7.31. The topological polar surface area (TPSA) is 74.6 Å². The van der Waals surface area contributed by atoms with Gasteiger partial charge < -0.3 is 10.2 Å². The number of carbonyl (C=O) groups is 2. The van der Waals surface area contributed by atoms with Crippen molar-refractivity contribution in [2.24, 2.45) is 0 Å². The molecule has 0 radical (unpaired) electrons. The Labute approximate surface area is 87.2 Å². The molecule has 0 aliphatic rings. The van der Waals surface area contributed by atoms with Gasteiger partial charge in [0.1, 0.15) is 11.2 Å². The van der Waals surface area contributed by atoms with Crippen LogP contribution >= 0.6 is 25.3 Å². The predicted octanol–water partition coefficient (Wildman–Crippen LogP) is -0.209. The third-order valence-corrected chi connectivity index (χ3v) is 2.57. The minimum absolute atomic E-state index is 0.426. The molecule has 0 aliphatic heterocycles. The van der Waals surface area contributed by atoms with Crippen molar-refractivity contribution in [2.75, 3.05) is 0 Å². The van der Waals surface area contributed by atoms with Crippen molar-refractivity contribution in [1.82, 2.24) is 0 Å². The molecule has 2 N–H and O–H groups in total. The molecule has 0 saturated heterocycles. The molecule has 76 valence electrons. The van der Waals surface area contributed by atoms with Crippen molar-refractivity contribution in [3.63, 3.8) is 0 Å². The molecule has 4 nitrogen and oxygen atoms in total.